The summed E-state index contributed by atoms with van der Waals surface area (Å²) in [6.07, 6.45) is 4.94. The molecular formula is C22H21NO. The molecule has 120 valence electrons. The largest absolute Gasteiger partial charge is 0.461 e. The topological polar surface area (TPSA) is 21.6 Å². The number of fused-ring (bicyclic) bond motifs is 1. The second kappa shape index (κ2) is 7.14. The van der Waals surface area contributed by atoms with Gasteiger partial charge in [0.1, 0.15) is 11.5 Å². The lowest BCUT2D eigenvalue weighted by Gasteiger charge is -2.06. The Bertz CT molecular complexity index is 814. The van der Waals surface area contributed by atoms with Gasteiger partial charge in [-0.1, -0.05) is 61.2 Å². The molecule has 24 heavy (non-hydrogen) atoms. The molecule has 0 atom stereocenters. The molecule has 0 spiro atoms. The molecule has 2 aromatic carbocycles. The molecule has 2 heteroatoms. The second-order valence-corrected chi connectivity index (χ2v) is 5.75. The SMILES string of the molecule is C=C(N=C(C)C(/C=C1\Cc2ccccc2O1)=C/C)c1ccccc1. The van der Waals surface area contributed by atoms with E-state index in [1.54, 1.807) is 0 Å². The van der Waals surface area contributed by atoms with E-state index in [4.69, 9.17) is 4.74 Å². The van der Waals surface area contributed by atoms with Crippen molar-refractivity contribution in [2.75, 3.05) is 0 Å². The van der Waals surface area contributed by atoms with Crippen molar-refractivity contribution in [1.29, 1.82) is 0 Å². The lowest BCUT2D eigenvalue weighted by molar-refractivity contribution is 0.446. The fourth-order valence-corrected chi connectivity index (χ4v) is 2.73. The van der Waals surface area contributed by atoms with Gasteiger partial charge in [0.05, 0.1) is 5.70 Å². The van der Waals surface area contributed by atoms with Gasteiger partial charge in [-0.2, -0.15) is 0 Å². The molecule has 2 nitrogen and oxygen atoms in total. The molecule has 0 N–H and O–H groups in total. The molecule has 0 saturated heterocycles. The number of hydrogen-bond acceptors (Lipinski definition) is 2. The summed E-state index contributed by atoms with van der Waals surface area (Å²) in [5, 5.41) is 0. The zero-order chi connectivity index (χ0) is 16.9. The first-order chi connectivity index (χ1) is 11.7. The molecule has 2 aromatic rings. The van der Waals surface area contributed by atoms with Crippen LogP contribution in [0.4, 0.5) is 0 Å². The molecule has 0 radical (unpaired) electrons. The van der Waals surface area contributed by atoms with E-state index < -0.39 is 0 Å². The quantitative estimate of drug-likeness (QED) is 0.675. The monoisotopic (exact) mass is 315 g/mol. The van der Waals surface area contributed by atoms with Gasteiger partial charge in [0, 0.05) is 17.7 Å². The molecule has 1 aliphatic heterocycles. The van der Waals surface area contributed by atoms with Crippen molar-refractivity contribution < 1.29 is 4.74 Å². The molecule has 0 aliphatic carbocycles. The lowest BCUT2D eigenvalue weighted by Crippen LogP contribution is -1.99. The van der Waals surface area contributed by atoms with Crippen molar-refractivity contribution in [1.82, 2.24) is 0 Å². The van der Waals surface area contributed by atoms with Crippen molar-refractivity contribution in [2.45, 2.75) is 20.3 Å². The number of hydrogen-bond donors (Lipinski definition) is 0. The van der Waals surface area contributed by atoms with Gasteiger partial charge >= 0.3 is 0 Å². The van der Waals surface area contributed by atoms with Crippen LogP contribution in [0.2, 0.25) is 0 Å². The highest BCUT2D eigenvalue weighted by Gasteiger charge is 2.16. The van der Waals surface area contributed by atoms with E-state index in [0.29, 0.717) is 0 Å². The van der Waals surface area contributed by atoms with Crippen LogP contribution in [-0.2, 0) is 6.42 Å². The van der Waals surface area contributed by atoms with Crippen molar-refractivity contribution in [3.8, 4) is 5.75 Å². The van der Waals surface area contributed by atoms with E-state index in [1.807, 2.05) is 62.4 Å². The maximum absolute atomic E-state index is 5.92. The minimum absolute atomic E-state index is 0.765. The number of para-hydroxylation sites is 1. The predicted octanol–water partition coefficient (Wildman–Crippen LogP) is 5.58. The maximum Gasteiger partial charge on any atom is 0.130 e. The third kappa shape index (κ3) is 3.54. The first kappa shape index (κ1) is 16.0. The Morgan fingerprint density at radius 3 is 2.50 bits per heavy atom. The smallest absolute Gasteiger partial charge is 0.130 e. The van der Waals surface area contributed by atoms with Crippen molar-refractivity contribution in [3.63, 3.8) is 0 Å². The Hall–Kier alpha value is -2.87. The van der Waals surface area contributed by atoms with E-state index >= 15 is 0 Å². The van der Waals surface area contributed by atoms with Gasteiger partial charge in [-0.3, -0.25) is 4.99 Å². The molecule has 0 fully saturated rings. The van der Waals surface area contributed by atoms with E-state index in [2.05, 4.69) is 29.8 Å². The van der Waals surface area contributed by atoms with E-state index in [0.717, 1.165) is 40.5 Å². The zero-order valence-corrected chi connectivity index (χ0v) is 14.1. The van der Waals surface area contributed by atoms with Crippen LogP contribution in [0.3, 0.4) is 0 Å². The van der Waals surface area contributed by atoms with Crippen LogP contribution in [0.15, 0.2) is 89.7 Å². The van der Waals surface area contributed by atoms with Crippen LogP contribution in [0.25, 0.3) is 5.70 Å². The van der Waals surface area contributed by atoms with Crippen LogP contribution < -0.4 is 4.74 Å². The van der Waals surface area contributed by atoms with E-state index in [1.165, 1.54) is 5.56 Å². The summed E-state index contributed by atoms with van der Waals surface area (Å²) in [4.78, 5) is 4.66. The Labute approximate surface area is 143 Å². The molecule has 0 amide bonds. The average molecular weight is 315 g/mol. The van der Waals surface area contributed by atoms with Gasteiger partial charge in [-0.05, 0) is 37.1 Å². The Balaban J connectivity index is 1.79. The number of allylic oxidation sites excluding steroid dienone is 4. The third-order valence-electron chi connectivity index (χ3n) is 4.03. The summed E-state index contributed by atoms with van der Waals surface area (Å²) in [5.41, 5.74) is 5.00. The Kier molecular flexibility index (Phi) is 4.76. The summed E-state index contributed by atoms with van der Waals surface area (Å²) in [6.45, 7) is 8.09. The average Bonchev–Trinajstić information content (AvgIpc) is 3.02. The molecule has 3 rings (SSSR count). The van der Waals surface area contributed by atoms with Crippen LogP contribution in [0.5, 0.6) is 5.75 Å². The van der Waals surface area contributed by atoms with E-state index in [-0.39, 0.29) is 0 Å². The van der Waals surface area contributed by atoms with Gasteiger partial charge < -0.3 is 4.74 Å². The molecule has 0 unspecified atom stereocenters. The number of benzene rings is 2. The zero-order valence-electron chi connectivity index (χ0n) is 14.1. The second-order valence-electron chi connectivity index (χ2n) is 5.75. The molecule has 0 bridgehead atoms. The van der Waals surface area contributed by atoms with Gasteiger partial charge in [-0.25, -0.2) is 0 Å². The molecule has 1 heterocycles. The van der Waals surface area contributed by atoms with Crippen LogP contribution in [0.1, 0.15) is 25.0 Å². The van der Waals surface area contributed by atoms with Crippen LogP contribution >= 0.6 is 0 Å². The van der Waals surface area contributed by atoms with Crippen LogP contribution in [-0.4, -0.2) is 5.71 Å². The number of nitrogens with zero attached hydrogens (tertiary/aromatic N) is 1. The summed E-state index contributed by atoms with van der Waals surface area (Å²) < 4.78 is 5.92. The standard InChI is InChI=1S/C22H21NO/c1-4-18(14-21-15-20-12-8-9-13-22(20)24-21)16(2)23-17(3)19-10-6-5-7-11-19/h4-14H,3,15H2,1-2H3/b18-4+,21-14+,23-16?. The minimum Gasteiger partial charge on any atom is -0.461 e. The number of ether oxygens (including phenoxy) is 1. The fraction of sp³-hybridized carbons (Fsp3) is 0.136. The fourth-order valence-electron chi connectivity index (χ4n) is 2.73. The third-order valence-corrected chi connectivity index (χ3v) is 4.03. The molecule has 0 saturated carbocycles. The summed E-state index contributed by atoms with van der Waals surface area (Å²) in [7, 11) is 0. The Morgan fingerprint density at radius 1 is 1.08 bits per heavy atom. The van der Waals surface area contributed by atoms with Crippen molar-refractivity contribution >= 4 is 11.4 Å². The molecule has 0 aromatic heterocycles. The molecule has 1 aliphatic rings. The van der Waals surface area contributed by atoms with Gasteiger partial charge in [0.2, 0.25) is 0 Å². The Morgan fingerprint density at radius 2 is 1.79 bits per heavy atom. The van der Waals surface area contributed by atoms with Crippen molar-refractivity contribution in [3.05, 3.63) is 95.8 Å². The summed E-state index contributed by atoms with van der Waals surface area (Å²) >= 11 is 0. The normalized spacial score (nSPS) is 16.0. The number of rotatable bonds is 4. The minimum atomic E-state index is 0.765. The first-order valence-electron chi connectivity index (χ1n) is 8.10. The predicted molar refractivity (Wildman–Crippen MR) is 101 cm³/mol. The lowest BCUT2D eigenvalue weighted by atomic mass is 10.1. The highest BCUT2D eigenvalue weighted by molar-refractivity contribution is 6.03. The first-order valence-corrected chi connectivity index (χ1v) is 8.10. The van der Waals surface area contributed by atoms with Gasteiger partial charge in [-0.15, -0.1) is 0 Å². The molecular weight excluding hydrogens is 294 g/mol. The summed E-state index contributed by atoms with van der Waals surface area (Å²) in [5.74, 6) is 1.90. The highest BCUT2D eigenvalue weighted by Crippen LogP contribution is 2.31. The summed E-state index contributed by atoms with van der Waals surface area (Å²) in [6, 6.07) is 18.2. The van der Waals surface area contributed by atoms with Crippen molar-refractivity contribution in [2.24, 2.45) is 4.99 Å². The van der Waals surface area contributed by atoms with E-state index in [9.17, 15) is 0 Å². The van der Waals surface area contributed by atoms with Gasteiger partial charge in [0.25, 0.3) is 0 Å². The van der Waals surface area contributed by atoms with Crippen LogP contribution in [0, 0.1) is 0 Å². The number of aliphatic imine (C=N–C) groups is 1. The maximum atomic E-state index is 5.92. The van der Waals surface area contributed by atoms with Gasteiger partial charge in [0.15, 0.2) is 0 Å². The highest BCUT2D eigenvalue weighted by atomic mass is 16.5.